The van der Waals surface area contributed by atoms with Gasteiger partial charge in [0.2, 0.25) is 0 Å². The van der Waals surface area contributed by atoms with Gasteiger partial charge in [-0.3, -0.25) is 0 Å². The van der Waals surface area contributed by atoms with Crippen molar-refractivity contribution >= 4 is 0 Å². The summed E-state index contributed by atoms with van der Waals surface area (Å²) in [6.45, 7) is 2.29. The number of unbranched alkanes of at least 4 members (excludes halogenated alkanes) is 9. The van der Waals surface area contributed by atoms with Crippen molar-refractivity contribution in [3.05, 3.63) is 23.7 Å². The Kier molecular flexibility index (Phi) is 9.52. The van der Waals surface area contributed by atoms with Gasteiger partial charge in [0, 0.05) is 6.42 Å². The molecule has 0 aliphatic heterocycles. The van der Waals surface area contributed by atoms with Gasteiger partial charge in [-0.05, 0) is 36.8 Å². The van der Waals surface area contributed by atoms with E-state index in [4.69, 9.17) is 4.42 Å². The van der Waals surface area contributed by atoms with E-state index in [-0.39, 0.29) is 0 Å². The van der Waals surface area contributed by atoms with Crippen LogP contribution in [0.1, 0.15) is 120 Å². The summed E-state index contributed by atoms with van der Waals surface area (Å²) < 4.78 is 5.80. The Hall–Kier alpha value is -0.720. The van der Waals surface area contributed by atoms with E-state index in [0.29, 0.717) is 0 Å². The third-order valence-electron chi connectivity index (χ3n) is 5.58. The summed E-state index contributed by atoms with van der Waals surface area (Å²) in [5.41, 5.74) is 1.54. The van der Waals surface area contributed by atoms with Crippen molar-refractivity contribution in [1.82, 2.24) is 0 Å². The van der Waals surface area contributed by atoms with Crippen LogP contribution in [0.3, 0.4) is 0 Å². The van der Waals surface area contributed by atoms with Crippen molar-refractivity contribution in [2.24, 2.45) is 0 Å². The molecule has 1 aromatic heterocycles. The fraction of sp³-hybridized carbons (Fsp3) is 0.818. The van der Waals surface area contributed by atoms with Gasteiger partial charge in [-0.1, -0.05) is 84.0 Å². The molecule has 1 fully saturated rings. The summed E-state index contributed by atoms with van der Waals surface area (Å²) in [5, 5.41) is 0. The van der Waals surface area contributed by atoms with Gasteiger partial charge in [0.15, 0.2) is 0 Å². The molecule has 1 aliphatic carbocycles. The molecule has 1 heterocycles. The average molecular weight is 319 g/mol. The lowest BCUT2D eigenvalue weighted by Gasteiger charge is -2.21. The molecule has 0 unspecified atom stereocenters. The maximum Gasteiger partial charge on any atom is 0.107 e. The van der Waals surface area contributed by atoms with Crippen LogP contribution in [-0.4, -0.2) is 0 Å². The van der Waals surface area contributed by atoms with Gasteiger partial charge in [0.05, 0.1) is 6.26 Å². The van der Waals surface area contributed by atoms with Gasteiger partial charge in [0.1, 0.15) is 5.76 Å². The van der Waals surface area contributed by atoms with E-state index in [1.807, 2.05) is 6.26 Å². The second-order valence-electron chi connectivity index (χ2n) is 7.57. The van der Waals surface area contributed by atoms with Gasteiger partial charge in [-0.15, -0.1) is 0 Å². The third-order valence-corrected chi connectivity index (χ3v) is 5.58. The zero-order chi connectivity index (χ0) is 16.2. The molecule has 1 nitrogen and oxygen atoms in total. The Morgan fingerprint density at radius 3 is 2.09 bits per heavy atom. The number of hydrogen-bond donors (Lipinski definition) is 0. The van der Waals surface area contributed by atoms with Crippen LogP contribution < -0.4 is 0 Å². The molecule has 0 saturated heterocycles. The quantitative estimate of drug-likeness (QED) is 0.358. The lowest BCUT2D eigenvalue weighted by atomic mass is 9.83. The van der Waals surface area contributed by atoms with E-state index < -0.39 is 0 Å². The summed E-state index contributed by atoms with van der Waals surface area (Å²) >= 11 is 0. The first-order valence-electron chi connectivity index (χ1n) is 10.5. The SMILES string of the molecule is CCCCCCCCCCCCc1occc1C1CCCCC1. The van der Waals surface area contributed by atoms with E-state index in [1.54, 1.807) is 5.56 Å². The lowest BCUT2D eigenvalue weighted by molar-refractivity contribution is 0.426. The van der Waals surface area contributed by atoms with E-state index in [9.17, 15) is 0 Å². The summed E-state index contributed by atoms with van der Waals surface area (Å²) in [5.74, 6) is 2.09. The fourth-order valence-corrected chi connectivity index (χ4v) is 4.10. The van der Waals surface area contributed by atoms with Crippen LogP contribution in [0.4, 0.5) is 0 Å². The van der Waals surface area contributed by atoms with Crippen LogP contribution in [0.5, 0.6) is 0 Å². The topological polar surface area (TPSA) is 13.1 Å². The average Bonchev–Trinajstić information content (AvgIpc) is 3.06. The highest BCUT2D eigenvalue weighted by molar-refractivity contribution is 5.22. The largest absolute Gasteiger partial charge is 0.469 e. The van der Waals surface area contributed by atoms with Gasteiger partial charge < -0.3 is 4.42 Å². The molecule has 0 amide bonds. The Balaban J connectivity index is 1.52. The number of rotatable bonds is 12. The summed E-state index contributed by atoms with van der Waals surface area (Å²) in [4.78, 5) is 0. The molecule has 0 aromatic carbocycles. The third kappa shape index (κ3) is 7.14. The standard InChI is InChI=1S/C22H38O/c1-2-3-4-5-6-7-8-9-10-14-17-22-21(18-19-23-22)20-15-12-11-13-16-20/h18-20H,2-17H2,1H3. The first-order valence-corrected chi connectivity index (χ1v) is 10.5. The number of aryl methyl sites for hydroxylation is 1. The zero-order valence-corrected chi connectivity index (χ0v) is 15.5. The summed E-state index contributed by atoms with van der Waals surface area (Å²) in [6, 6.07) is 2.25. The van der Waals surface area contributed by atoms with Crippen molar-refractivity contribution < 1.29 is 4.42 Å². The minimum absolute atomic E-state index is 0.792. The minimum Gasteiger partial charge on any atom is -0.469 e. The second-order valence-corrected chi connectivity index (χ2v) is 7.57. The first kappa shape index (κ1) is 18.6. The van der Waals surface area contributed by atoms with Gasteiger partial charge in [-0.2, -0.15) is 0 Å². The molecule has 23 heavy (non-hydrogen) atoms. The molecule has 132 valence electrons. The van der Waals surface area contributed by atoms with Gasteiger partial charge >= 0.3 is 0 Å². The second kappa shape index (κ2) is 11.8. The maximum absolute atomic E-state index is 5.80. The maximum atomic E-state index is 5.80. The van der Waals surface area contributed by atoms with Crippen LogP contribution in [0.15, 0.2) is 16.7 Å². The lowest BCUT2D eigenvalue weighted by Crippen LogP contribution is -2.05. The minimum atomic E-state index is 0.792. The molecule has 0 N–H and O–H groups in total. The van der Waals surface area contributed by atoms with Crippen molar-refractivity contribution in [3.63, 3.8) is 0 Å². The molecule has 0 radical (unpaired) electrons. The molecule has 0 atom stereocenters. The number of furan rings is 1. The summed E-state index contributed by atoms with van der Waals surface area (Å²) in [7, 11) is 0. The fourth-order valence-electron chi connectivity index (χ4n) is 4.10. The van der Waals surface area contributed by atoms with Crippen molar-refractivity contribution in [3.8, 4) is 0 Å². The van der Waals surface area contributed by atoms with Crippen molar-refractivity contribution in [1.29, 1.82) is 0 Å². The van der Waals surface area contributed by atoms with Gasteiger partial charge in [0.25, 0.3) is 0 Å². The molecule has 1 aliphatic rings. The summed E-state index contributed by atoms with van der Waals surface area (Å²) in [6.07, 6.45) is 24.2. The molecular formula is C22H38O. The highest BCUT2D eigenvalue weighted by Crippen LogP contribution is 2.35. The van der Waals surface area contributed by atoms with Crippen LogP contribution in [-0.2, 0) is 6.42 Å². The smallest absolute Gasteiger partial charge is 0.107 e. The van der Waals surface area contributed by atoms with Crippen molar-refractivity contribution in [2.75, 3.05) is 0 Å². The van der Waals surface area contributed by atoms with E-state index in [2.05, 4.69) is 13.0 Å². The monoisotopic (exact) mass is 318 g/mol. The molecule has 1 aromatic rings. The first-order chi connectivity index (χ1) is 11.4. The number of hydrogen-bond acceptors (Lipinski definition) is 1. The zero-order valence-electron chi connectivity index (χ0n) is 15.5. The molecule has 0 spiro atoms. The molecular weight excluding hydrogens is 280 g/mol. The van der Waals surface area contributed by atoms with Gasteiger partial charge in [-0.25, -0.2) is 0 Å². The predicted octanol–water partition coefficient (Wildman–Crippen LogP) is 7.79. The highest BCUT2D eigenvalue weighted by atomic mass is 16.3. The van der Waals surface area contributed by atoms with Crippen LogP contribution in [0.2, 0.25) is 0 Å². The van der Waals surface area contributed by atoms with Crippen LogP contribution in [0, 0.1) is 0 Å². The van der Waals surface area contributed by atoms with E-state index in [0.717, 1.165) is 12.3 Å². The highest BCUT2D eigenvalue weighted by Gasteiger charge is 2.19. The normalized spacial score (nSPS) is 16.0. The molecule has 2 rings (SSSR count). The Morgan fingerprint density at radius 2 is 1.43 bits per heavy atom. The molecule has 1 heteroatoms. The van der Waals surface area contributed by atoms with E-state index >= 15 is 0 Å². The Morgan fingerprint density at radius 1 is 0.826 bits per heavy atom. The Labute approximate surface area is 144 Å². The van der Waals surface area contributed by atoms with Crippen LogP contribution >= 0.6 is 0 Å². The molecule has 0 bridgehead atoms. The van der Waals surface area contributed by atoms with Crippen molar-refractivity contribution in [2.45, 2.75) is 116 Å². The predicted molar refractivity (Wildman–Crippen MR) is 100 cm³/mol. The van der Waals surface area contributed by atoms with E-state index in [1.165, 1.54) is 102 Å². The Bertz CT molecular complexity index is 386. The van der Waals surface area contributed by atoms with Crippen LogP contribution in [0.25, 0.3) is 0 Å². The molecule has 1 saturated carbocycles.